The lowest BCUT2D eigenvalue weighted by atomic mass is 10.1. The second-order valence-electron chi connectivity index (χ2n) is 11.3. The summed E-state index contributed by atoms with van der Waals surface area (Å²) in [6.07, 6.45) is 1.53. The van der Waals surface area contributed by atoms with Crippen LogP contribution in [0.4, 0.5) is 0 Å². The van der Waals surface area contributed by atoms with Crippen LogP contribution in [0, 0.1) is 0 Å². The molecule has 1 unspecified atom stereocenters. The monoisotopic (exact) mass is 567 g/mol. The van der Waals surface area contributed by atoms with E-state index in [-0.39, 0.29) is 29.9 Å². The molecule has 0 bridgehead atoms. The molecule has 0 fully saturated rings. The first-order valence-corrected chi connectivity index (χ1v) is 15.2. The van der Waals surface area contributed by atoms with Gasteiger partial charge in [0.15, 0.2) is 0 Å². The van der Waals surface area contributed by atoms with Crippen molar-refractivity contribution in [2.75, 3.05) is 26.7 Å². The minimum Gasteiger partial charge on any atom is -0.354 e. The molecule has 0 aliphatic rings. The van der Waals surface area contributed by atoms with Gasteiger partial charge in [-0.15, -0.1) is 0 Å². The molecule has 0 heterocycles. The van der Waals surface area contributed by atoms with Crippen molar-refractivity contribution in [2.45, 2.75) is 132 Å². The molecule has 6 N–H and O–H groups in total. The molecule has 236 valence electrons. The molecule has 0 aliphatic carbocycles. The smallest absolute Gasteiger partial charge is 0.251 e. The summed E-state index contributed by atoms with van der Waals surface area (Å²) < 4.78 is 0. The average Bonchev–Trinajstić information content (AvgIpc) is 2.84. The zero-order valence-corrected chi connectivity index (χ0v) is 28.2. The summed E-state index contributed by atoms with van der Waals surface area (Å²) in [5.74, 6) is 0.123. The molecule has 0 aromatic heterocycles. The van der Waals surface area contributed by atoms with E-state index in [2.05, 4.69) is 87.3 Å². The molecule has 0 saturated heterocycles. The van der Waals surface area contributed by atoms with Crippen molar-refractivity contribution < 1.29 is 9.59 Å². The molecule has 0 radical (unpaired) electrons. The highest BCUT2D eigenvalue weighted by Crippen LogP contribution is 2.01. The predicted octanol–water partition coefficient (Wildman–Crippen LogP) is 4.71. The van der Waals surface area contributed by atoms with Gasteiger partial charge in [0.1, 0.15) is 0 Å². The maximum absolute atomic E-state index is 11.8. The van der Waals surface area contributed by atoms with Crippen LogP contribution in [0.15, 0.2) is 30.3 Å². The van der Waals surface area contributed by atoms with Crippen LogP contribution >= 0.6 is 0 Å². The lowest BCUT2D eigenvalue weighted by Crippen LogP contribution is -2.42. The van der Waals surface area contributed by atoms with Gasteiger partial charge in [-0.2, -0.15) is 0 Å². The maximum atomic E-state index is 11.8. The molecule has 2 amide bonds. The van der Waals surface area contributed by atoms with E-state index >= 15 is 0 Å². The molecule has 8 heteroatoms. The van der Waals surface area contributed by atoms with Gasteiger partial charge < -0.3 is 31.9 Å². The first kappa shape index (κ1) is 42.5. The molecule has 0 saturated carbocycles. The molecule has 1 atom stereocenters. The van der Waals surface area contributed by atoms with E-state index in [1.807, 2.05) is 52.9 Å². The molecule has 0 spiro atoms. The number of amides is 2. The van der Waals surface area contributed by atoms with Gasteiger partial charge in [0.2, 0.25) is 5.91 Å². The maximum Gasteiger partial charge on any atom is 0.251 e. The van der Waals surface area contributed by atoms with Gasteiger partial charge in [0.25, 0.3) is 5.91 Å². The number of nitrogens with one attached hydrogen (secondary N) is 6. The second-order valence-corrected chi connectivity index (χ2v) is 11.3. The molecule has 8 nitrogen and oxygen atoms in total. The van der Waals surface area contributed by atoms with Crippen molar-refractivity contribution in [2.24, 2.45) is 0 Å². The summed E-state index contributed by atoms with van der Waals surface area (Å²) in [7, 11) is 1.93. The Kier molecular flexibility index (Phi) is 30.3. The van der Waals surface area contributed by atoms with Crippen LogP contribution in [0.25, 0.3) is 0 Å². The summed E-state index contributed by atoms with van der Waals surface area (Å²) in [5.41, 5.74) is 0.714. The molecular weight excluding hydrogens is 500 g/mol. The first-order valence-electron chi connectivity index (χ1n) is 15.2. The van der Waals surface area contributed by atoms with E-state index < -0.39 is 0 Å². The van der Waals surface area contributed by atoms with E-state index in [0.717, 1.165) is 26.1 Å². The van der Waals surface area contributed by atoms with Crippen LogP contribution in [0.2, 0.25) is 0 Å². The van der Waals surface area contributed by atoms with Crippen molar-refractivity contribution in [1.29, 1.82) is 0 Å². The Morgan fingerprint density at radius 3 is 1.52 bits per heavy atom. The summed E-state index contributed by atoms with van der Waals surface area (Å²) in [6.45, 7) is 27.9. The van der Waals surface area contributed by atoms with Crippen LogP contribution in [-0.4, -0.2) is 74.7 Å². The highest BCUT2D eigenvalue weighted by Gasteiger charge is 2.15. The number of carbonyl (C=O) groups is 2. The third-order valence-corrected chi connectivity index (χ3v) is 4.92. The Balaban J connectivity index is -0.000000530. The lowest BCUT2D eigenvalue weighted by Gasteiger charge is -2.22. The van der Waals surface area contributed by atoms with Crippen molar-refractivity contribution in [1.82, 2.24) is 31.9 Å². The number of carbonyl (C=O) groups excluding carboxylic acids is 2. The highest BCUT2D eigenvalue weighted by molar-refractivity contribution is 5.94. The Hall–Kier alpha value is -2.00. The fourth-order valence-corrected chi connectivity index (χ4v) is 3.21. The first-order chi connectivity index (χ1) is 18.7. The fraction of sp³-hybridized carbons (Fsp3) is 0.750. The quantitative estimate of drug-likeness (QED) is 0.195. The molecule has 0 aliphatic heterocycles. The summed E-state index contributed by atoms with van der Waals surface area (Å²) in [4.78, 5) is 23.1. The third kappa shape index (κ3) is 34.0. The Morgan fingerprint density at radius 2 is 1.18 bits per heavy atom. The van der Waals surface area contributed by atoms with E-state index in [0.29, 0.717) is 30.1 Å². The molecule has 1 aromatic rings. The highest BCUT2D eigenvalue weighted by atomic mass is 16.2. The summed E-state index contributed by atoms with van der Waals surface area (Å²) in [5, 5.41) is 18.8. The predicted molar refractivity (Wildman–Crippen MR) is 175 cm³/mol. The van der Waals surface area contributed by atoms with Crippen LogP contribution in [-0.2, 0) is 4.79 Å². The second kappa shape index (κ2) is 28.5. The average molecular weight is 567 g/mol. The van der Waals surface area contributed by atoms with E-state index in [9.17, 15) is 9.59 Å². The van der Waals surface area contributed by atoms with Crippen molar-refractivity contribution in [3.8, 4) is 0 Å². The number of benzene rings is 1. The topological polar surface area (TPSA) is 106 Å². The summed E-state index contributed by atoms with van der Waals surface area (Å²) >= 11 is 0. The van der Waals surface area contributed by atoms with Crippen molar-refractivity contribution >= 4 is 11.8 Å². The molecular formula is C32H66N6O2. The number of hydrogen-bond acceptors (Lipinski definition) is 6. The standard InChI is InChI=1S/C14H31N3O.C10H13NO.C5H13N.C3H9N/c1-10(2)15-8-7-13(16-11(3)4)9-14(18)17-12(5)6;1-8(2)11-10(12)9-6-4-3-5-7-9;1-4-6-5(2)3;1-3-4-2/h10-13,15-16H,7-9H2,1-6H3,(H,17,18);3-8H,1-2H3,(H,11,12);5-6H,4H2,1-3H3;4H,3H2,1-2H3. The normalized spacial score (nSPS) is 11.2. The van der Waals surface area contributed by atoms with E-state index in [1.165, 1.54) is 0 Å². The van der Waals surface area contributed by atoms with Crippen LogP contribution in [0.1, 0.15) is 106 Å². The van der Waals surface area contributed by atoms with E-state index in [4.69, 9.17) is 0 Å². The van der Waals surface area contributed by atoms with Crippen molar-refractivity contribution in [3.05, 3.63) is 35.9 Å². The zero-order chi connectivity index (χ0) is 31.5. The van der Waals surface area contributed by atoms with Gasteiger partial charge in [-0.3, -0.25) is 9.59 Å². The SMILES string of the molecule is CC(C)NC(=O)c1ccccc1.CC(C)NCCC(CC(=O)NC(C)C)NC(C)C.CCNC.CCNC(C)C. The van der Waals surface area contributed by atoms with Crippen molar-refractivity contribution in [3.63, 3.8) is 0 Å². The fourth-order valence-electron chi connectivity index (χ4n) is 3.21. The zero-order valence-electron chi connectivity index (χ0n) is 28.2. The minimum absolute atomic E-state index is 0.00870. The molecule has 40 heavy (non-hydrogen) atoms. The van der Waals surface area contributed by atoms with Gasteiger partial charge in [-0.1, -0.05) is 73.6 Å². The number of hydrogen-bond donors (Lipinski definition) is 6. The van der Waals surface area contributed by atoms with Crippen LogP contribution < -0.4 is 31.9 Å². The largest absolute Gasteiger partial charge is 0.354 e. The van der Waals surface area contributed by atoms with Gasteiger partial charge in [-0.25, -0.2) is 0 Å². The van der Waals surface area contributed by atoms with Gasteiger partial charge in [0, 0.05) is 48.2 Å². The molecule has 1 rings (SSSR count). The van der Waals surface area contributed by atoms with E-state index in [1.54, 1.807) is 12.1 Å². The molecule has 1 aromatic carbocycles. The Bertz CT molecular complexity index is 692. The lowest BCUT2D eigenvalue weighted by molar-refractivity contribution is -0.122. The Morgan fingerprint density at radius 1 is 0.675 bits per heavy atom. The Labute approximate surface area is 248 Å². The summed E-state index contributed by atoms with van der Waals surface area (Å²) in [6, 6.07) is 11.4. The van der Waals surface area contributed by atoms with Gasteiger partial charge in [-0.05, 0) is 72.9 Å². The van der Waals surface area contributed by atoms with Gasteiger partial charge >= 0.3 is 0 Å². The number of rotatable bonds is 14. The third-order valence-electron chi connectivity index (χ3n) is 4.92. The van der Waals surface area contributed by atoms with Gasteiger partial charge in [0.05, 0.1) is 0 Å². The minimum atomic E-state index is -0.00870. The van der Waals surface area contributed by atoms with Crippen LogP contribution in [0.3, 0.4) is 0 Å². The van der Waals surface area contributed by atoms with Crippen LogP contribution in [0.5, 0.6) is 0 Å².